The maximum atomic E-state index is 13.6. The second-order valence-electron chi connectivity index (χ2n) is 24.0. The van der Waals surface area contributed by atoms with Crippen LogP contribution in [0.4, 0.5) is 14.4 Å². The highest BCUT2D eigenvalue weighted by Crippen LogP contribution is 2.47. The Labute approximate surface area is 484 Å². The molecule has 2 heterocycles. The van der Waals surface area contributed by atoms with Crippen molar-refractivity contribution in [2.75, 3.05) is 26.3 Å². The molecule has 4 aliphatic rings. The molecule has 10 atom stereocenters. The first-order chi connectivity index (χ1) is 38.2. The molecule has 0 bridgehead atoms. The quantitative estimate of drug-likeness (QED) is 0.0205. The minimum Gasteiger partial charge on any atom is -0.480 e. The Morgan fingerprint density at radius 2 is 0.951 bits per heavy atom. The molecule has 2 saturated carbocycles. The summed E-state index contributed by atoms with van der Waals surface area (Å²) in [6.45, 7) is 34.0. The number of nitrogens with zero attached hydrogens (tertiary/aromatic N) is 2. The van der Waals surface area contributed by atoms with E-state index in [1.54, 1.807) is 88.3 Å². The molecule has 4 rings (SSSR count). The van der Waals surface area contributed by atoms with Crippen LogP contribution in [0.2, 0.25) is 0 Å². The summed E-state index contributed by atoms with van der Waals surface area (Å²) < 4.78 is 25.9. The van der Waals surface area contributed by atoms with Gasteiger partial charge < -0.3 is 65.2 Å². The van der Waals surface area contributed by atoms with Gasteiger partial charge in [-0.1, -0.05) is 50.0 Å². The minimum absolute atomic E-state index is 0.00426. The molecule has 1 unspecified atom stereocenters. The maximum Gasteiger partial charge on any atom is 0.411 e. The summed E-state index contributed by atoms with van der Waals surface area (Å²) in [5.41, 5.74) is -4.45. The molecule has 23 nitrogen and oxygen atoms in total. The van der Waals surface area contributed by atoms with Crippen LogP contribution in [0.25, 0.3) is 0 Å². The van der Waals surface area contributed by atoms with E-state index in [1.807, 2.05) is 12.2 Å². The molecule has 4 fully saturated rings. The third-order valence-corrected chi connectivity index (χ3v) is 13.4. The molecule has 0 radical (unpaired) electrons. The maximum absolute atomic E-state index is 13.6. The molecule has 7 N–H and O–H groups in total. The Bertz CT molecular complexity index is 2240. The topological polar surface area (TPSA) is 315 Å². The van der Waals surface area contributed by atoms with Crippen LogP contribution in [0, 0.1) is 11.8 Å². The number of aliphatic hydroxyl groups excluding tert-OH is 2. The van der Waals surface area contributed by atoms with Crippen molar-refractivity contribution in [3.63, 3.8) is 0 Å². The summed E-state index contributed by atoms with van der Waals surface area (Å²) in [4.78, 5) is 114. The minimum atomic E-state index is -1.21. The predicted molar refractivity (Wildman–Crippen MR) is 306 cm³/mol. The number of nitrogens with one attached hydrogen (secondary N) is 4. The molecule has 464 valence electrons. The van der Waals surface area contributed by atoms with Gasteiger partial charge in [0.05, 0.1) is 32.0 Å². The van der Waals surface area contributed by atoms with E-state index in [2.05, 4.69) is 47.6 Å². The van der Waals surface area contributed by atoms with Gasteiger partial charge in [0.2, 0.25) is 17.7 Å². The summed E-state index contributed by atoms with van der Waals surface area (Å²) in [5.74, 6) is -4.12. The van der Waals surface area contributed by atoms with Gasteiger partial charge in [-0.25, -0.2) is 28.8 Å². The fourth-order valence-corrected chi connectivity index (χ4v) is 9.26. The number of amides is 6. The van der Waals surface area contributed by atoms with Crippen molar-refractivity contribution in [3.05, 3.63) is 50.6 Å². The first-order valence-electron chi connectivity index (χ1n) is 28.5. The molecule has 2 saturated heterocycles. The summed E-state index contributed by atoms with van der Waals surface area (Å²) in [5, 5.41) is 39.9. The summed E-state index contributed by atoms with van der Waals surface area (Å²) in [6.07, 6.45) is 11.5. The van der Waals surface area contributed by atoms with Crippen LogP contribution in [0.5, 0.6) is 0 Å². The van der Waals surface area contributed by atoms with E-state index in [4.69, 9.17) is 28.8 Å². The molecule has 2 aliphatic heterocycles. The number of rotatable bonds is 26. The number of allylic oxidation sites excluding steroid dienone is 2. The number of aliphatic carboxylic acids is 1. The SMILES string of the molecule is C=CC1C[C@@]1(NC(=O)[C@@H]1C[C@@H](O)CN1C(=O)OC(C)(C)C)C(=O)OCC.C=CCCCCC[C@H](NC(=O)OC(C)(C)C)C(=O)N1C[C@H](O)C[C@H]1C(=O)N[C@]1(C(=O)OCC)C[C@H]1C=C.C=CCCCCC[C@H](NC(=O)OC(C)(C)C)C(=O)O. The summed E-state index contributed by atoms with van der Waals surface area (Å²) >= 11 is 0. The fourth-order valence-electron chi connectivity index (χ4n) is 9.26. The van der Waals surface area contributed by atoms with Gasteiger partial charge in [-0.3, -0.25) is 19.3 Å². The van der Waals surface area contributed by atoms with Crippen LogP contribution >= 0.6 is 0 Å². The number of unbranched alkanes of at least 4 members (excludes halogenated alkanes) is 6. The Kier molecular flexibility index (Phi) is 28.3. The van der Waals surface area contributed by atoms with E-state index in [0.717, 1.165) is 44.9 Å². The zero-order valence-electron chi connectivity index (χ0n) is 50.4. The van der Waals surface area contributed by atoms with Gasteiger partial charge in [-0.05, 0) is 128 Å². The fraction of sp³-hybridized carbons (Fsp3) is 0.712. The van der Waals surface area contributed by atoms with Crippen LogP contribution < -0.4 is 21.3 Å². The number of hydrogen-bond acceptors (Lipinski definition) is 16. The summed E-state index contributed by atoms with van der Waals surface area (Å²) in [7, 11) is 0. The molecule has 82 heavy (non-hydrogen) atoms. The number of carbonyl (C=O) groups excluding carboxylic acids is 8. The van der Waals surface area contributed by atoms with E-state index < -0.39 is 118 Å². The van der Waals surface area contributed by atoms with Crippen LogP contribution in [0.1, 0.15) is 166 Å². The zero-order chi connectivity index (χ0) is 62.4. The van der Waals surface area contributed by atoms with Crippen molar-refractivity contribution in [1.29, 1.82) is 0 Å². The lowest BCUT2D eigenvalue weighted by Gasteiger charge is -2.30. The number of likely N-dealkylation sites (tertiary alicyclic amines) is 2. The second-order valence-corrected chi connectivity index (χ2v) is 24.0. The van der Waals surface area contributed by atoms with Gasteiger partial charge in [0.15, 0.2) is 0 Å². The molecular weight excluding hydrogens is 1060 g/mol. The number of aliphatic hydroxyl groups is 2. The number of β-amino-alcohol motifs (C(OH)–C–C–N with tert-alkyl or cyclic N) is 2. The number of alkyl carbamates (subject to hydrolysis) is 2. The first-order valence-corrected chi connectivity index (χ1v) is 28.5. The van der Waals surface area contributed by atoms with E-state index in [-0.39, 0.29) is 51.0 Å². The van der Waals surface area contributed by atoms with Crippen LogP contribution in [-0.4, -0.2) is 170 Å². The lowest BCUT2D eigenvalue weighted by Crippen LogP contribution is -2.56. The van der Waals surface area contributed by atoms with Crippen LogP contribution in [-0.2, 0) is 52.5 Å². The van der Waals surface area contributed by atoms with Crippen molar-refractivity contribution in [3.8, 4) is 0 Å². The van der Waals surface area contributed by atoms with Crippen molar-refractivity contribution in [1.82, 2.24) is 31.1 Å². The van der Waals surface area contributed by atoms with Crippen molar-refractivity contribution in [2.24, 2.45) is 11.8 Å². The van der Waals surface area contributed by atoms with E-state index in [1.165, 1.54) is 9.80 Å². The van der Waals surface area contributed by atoms with Gasteiger partial charge in [0, 0.05) is 31.2 Å². The number of carboxylic acids is 1. The zero-order valence-corrected chi connectivity index (χ0v) is 50.4. The van der Waals surface area contributed by atoms with Crippen LogP contribution in [0.3, 0.4) is 0 Å². The van der Waals surface area contributed by atoms with Gasteiger partial charge in [0.1, 0.15) is 52.0 Å². The number of carbonyl (C=O) groups is 9. The largest absolute Gasteiger partial charge is 0.480 e. The second kappa shape index (κ2) is 32.4. The monoisotopic (exact) mass is 1160 g/mol. The van der Waals surface area contributed by atoms with Crippen molar-refractivity contribution >= 4 is 53.9 Å². The highest BCUT2D eigenvalue weighted by atomic mass is 16.6. The molecule has 0 aromatic carbocycles. The number of hydrogen-bond donors (Lipinski definition) is 7. The number of ether oxygens (including phenoxy) is 5. The Hall–Kier alpha value is -6.49. The average Bonchev–Trinajstić information content (AvgIpc) is 3.37. The lowest BCUT2D eigenvalue weighted by atomic mass is 10.0. The number of carboxylic acid groups (broad SMARTS) is 1. The molecule has 0 aromatic heterocycles. The molecule has 6 amide bonds. The molecule has 0 spiro atoms. The third kappa shape index (κ3) is 23.4. The van der Waals surface area contributed by atoms with Gasteiger partial charge in [0.25, 0.3) is 0 Å². The van der Waals surface area contributed by atoms with E-state index >= 15 is 0 Å². The lowest BCUT2D eigenvalue weighted by molar-refractivity contribution is -0.150. The standard InChI is InChI=1S/C27H43N3O7.C18H28N2O6.C14H25NO4/c1-7-10-11-12-13-14-20(28-25(35)37-26(4,5)6)23(33)30-17-19(31)15-21(30)22(32)29-27(16-18(27)8-2)24(34)36-9-3;1-6-11-9-18(11,15(23)25-7-2)19-14(22)13-8-12(21)10-20(13)16(24)26-17(3,4)5;1-5-6-7-8-9-10-11(12(16)17)15-13(18)19-14(2,3)4/h7-8,18-21,31H,1-2,9-17H2,3-6H3,(H,28,35)(H,29,32);6,11-13,21H,1,7-10H2,2-5H3,(H,19,22);5,11H,1,6-10H2,2-4H3,(H,15,18)(H,16,17)/t18-,19-,20+,21+,27-;11?,12-,13+,18+;11-/m110/s1. The highest BCUT2D eigenvalue weighted by Gasteiger charge is 2.63. The Morgan fingerprint density at radius 3 is 1.30 bits per heavy atom. The Balaban J connectivity index is 0.000000446. The number of esters is 2. The van der Waals surface area contributed by atoms with Crippen molar-refractivity contribution < 1.29 is 82.2 Å². The highest BCUT2D eigenvalue weighted by molar-refractivity contribution is 5.97. The van der Waals surface area contributed by atoms with Crippen molar-refractivity contribution in [2.45, 2.75) is 230 Å². The molecule has 2 aliphatic carbocycles. The first kappa shape index (κ1) is 71.6. The molecular formula is C59H96N6O17. The van der Waals surface area contributed by atoms with Gasteiger partial charge in [-0.15, -0.1) is 26.3 Å². The Morgan fingerprint density at radius 1 is 0.573 bits per heavy atom. The van der Waals surface area contributed by atoms with Gasteiger partial charge >= 0.3 is 36.2 Å². The molecule has 0 aromatic rings. The van der Waals surface area contributed by atoms with E-state index in [9.17, 15) is 53.4 Å². The molecule has 23 heteroatoms. The predicted octanol–water partition coefficient (Wildman–Crippen LogP) is 6.68. The third-order valence-electron chi connectivity index (χ3n) is 13.4. The average molecular weight is 1160 g/mol. The van der Waals surface area contributed by atoms with Crippen LogP contribution in [0.15, 0.2) is 50.6 Å². The van der Waals surface area contributed by atoms with Gasteiger partial charge in [-0.2, -0.15) is 0 Å². The normalized spacial score (nSPS) is 24.1. The summed E-state index contributed by atoms with van der Waals surface area (Å²) in [6, 6.07) is -3.72. The van der Waals surface area contributed by atoms with E-state index in [0.29, 0.717) is 32.1 Å². The smallest absolute Gasteiger partial charge is 0.411 e.